The van der Waals surface area contributed by atoms with Crippen molar-refractivity contribution in [3.63, 3.8) is 0 Å². The SMILES string of the molecule is CCOc1cc2c(cc1C[NH3+])O[C@@H](C)C2. The van der Waals surface area contributed by atoms with Gasteiger partial charge in [0.05, 0.1) is 12.2 Å². The second-order valence-electron chi connectivity index (χ2n) is 3.88. The predicted molar refractivity (Wildman–Crippen MR) is 58.0 cm³/mol. The van der Waals surface area contributed by atoms with Crippen molar-refractivity contribution in [3.05, 3.63) is 23.3 Å². The van der Waals surface area contributed by atoms with Gasteiger partial charge in [0.2, 0.25) is 0 Å². The van der Waals surface area contributed by atoms with E-state index in [0.717, 1.165) is 30.0 Å². The third-order valence-electron chi connectivity index (χ3n) is 2.65. The maximum Gasteiger partial charge on any atom is 0.128 e. The van der Waals surface area contributed by atoms with E-state index in [-0.39, 0.29) is 6.10 Å². The Bertz CT molecular complexity index is 363. The van der Waals surface area contributed by atoms with E-state index in [2.05, 4.69) is 24.8 Å². The monoisotopic (exact) mass is 208 g/mol. The summed E-state index contributed by atoms with van der Waals surface area (Å²) in [5.74, 6) is 1.97. The summed E-state index contributed by atoms with van der Waals surface area (Å²) in [7, 11) is 0. The van der Waals surface area contributed by atoms with Crippen LogP contribution in [0, 0.1) is 0 Å². The Balaban J connectivity index is 2.36. The smallest absolute Gasteiger partial charge is 0.128 e. The topological polar surface area (TPSA) is 46.1 Å². The van der Waals surface area contributed by atoms with E-state index in [1.54, 1.807) is 0 Å². The molecule has 0 saturated heterocycles. The van der Waals surface area contributed by atoms with E-state index in [1.807, 2.05) is 6.92 Å². The Morgan fingerprint density at radius 3 is 3.00 bits per heavy atom. The first-order chi connectivity index (χ1) is 7.24. The van der Waals surface area contributed by atoms with Gasteiger partial charge in [-0.25, -0.2) is 0 Å². The molecule has 1 heterocycles. The van der Waals surface area contributed by atoms with Crippen LogP contribution in [0.1, 0.15) is 25.0 Å². The zero-order chi connectivity index (χ0) is 10.8. The van der Waals surface area contributed by atoms with Gasteiger partial charge in [-0.15, -0.1) is 0 Å². The summed E-state index contributed by atoms with van der Waals surface area (Å²) >= 11 is 0. The van der Waals surface area contributed by atoms with Crippen LogP contribution in [0.5, 0.6) is 11.5 Å². The largest absolute Gasteiger partial charge is 0.493 e. The second-order valence-corrected chi connectivity index (χ2v) is 3.88. The fraction of sp³-hybridized carbons (Fsp3) is 0.500. The average Bonchev–Trinajstić information content (AvgIpc) is 2.56. The van der Waals surface area contributed by atoms with Crippen LogP contribution >= 0.6 is 0 Å². The molecule has 0 amide bonds. The number of rotatable bonds is 3. The zero-order valence-corrected chi connectivity index (χ0v) is 9.38. The summed E-state index contributed by atoms with van der Waals surface area (Å²) in [6.45, 7) is 5.52. The van der Waals surface area contributed by atoms with Crippen LogP contribution in [0.25, 0.3) is 0 Å². The van der Waals surface area contributed by atoms with Gasteiger partial charge in [0.25, 0.3) is 0 Å². The highest BCUT2D eigenvalue weighted by Gasteiger charge is 2.21. The van der Waals surface area contributed by atoms with Crippen LogP contribution in [-0.4, -0.2) is 12.7 Å². The molecule has 1 atom stereocenters. The van der Waals surface area contributed by atoms with Crippen LogP contribution in [0.4, 0.5) is 0 Å². The molecule has 82 valence electrons. The highest BCUT2D eigenvalue weighted by Crippen LogP contribution is 2.34. The summed E-state index contributed by atoms with van der Waals surface area (Å²) in [5, 5.41) is 0. The number of hydrogen-bond donors (Lipinski definition) is 1. The van der Waals surface area contributed by atoms with Crippen LogP contribution in [0.3, 0.4) is 0 Å². The average molecular weight is 208 g/mol. The van der Waals surface area contributed by atoms with Gasteiger partial charge in [0.1, 0.15) is 24.1 Å². The molecule has 0 saturated carbocycles. The molecule has 2 rings (SSSR count). The highest BCUT2D eigenvalue weighted by atomic mass is 16.5. The highest BCUT2D eigenvalue weighted by molar-refractivity contribution is 5.48. The lowest BCUT2D eigenvalue weighted by Gasteiger charge is -2.09. The molecule has 15 heavy (non-hydrogen) atoms. The fourth-order valence-corrected chi connectivity index (χ4v) is 1.97. The van der Waals surface area contributed by atoms with Crippen molar-refractivity contribution in [2.45, 2.75) is 32.9 Å². The van der Waals surface area contributed by atoms with Crippen molar-refractivity contribution in [3.8, 4) is 11.5 Å². The van der Waals surface area contributed by atoms with Gasteiger partial charge < -0.3 is 15.2 Å². The summed E-state index contributed by atoms with van der Waals surface area (Å²) in [4.78, 5) is 0. The van der Waals surface area contributed by atoms with E-state index in [0.29, 0.717) is 6.61 Å². The van der Waals surface area contributed by atoms with Crippen LogP contribution in [-0.2, 0) is 13.0 Å². The molecule has 1 aromatic rings. The number of hydrogen-bond acceptors (Lipinski definition) is 2. The predicted octanol–water partition coefficient (Wildman–Crippen LogP) is 1.15. The maximum absolute atomic E-state index is 5.70. The summed E-state index contributed by atoms with van der Waals surface area (Å²) < 4.78 is 11.3. The summed E-state index contributed by atoms with van der Waals surface area (Å²) in [6.07, 6.45) is 1.27. The number of benzene rings is 1. The first-order valence-electron chi connectivity index (χ1n) is 5.49. The van der Waals surface area contributed by atoms with Crippen molar-refractivity contribution in [1.29, 1.82) is 0 Å². The molecule has 3 nitrogen and oxygen atoms in total. The van der Waals surface area contributed by atoms with E-state index >= 15 is 0 Å². The van der Waals surface area contributed by atoms with Crippen molar-refractivity contribution in [2.75, 3.05) is 6.61 Å². The minimum atomic E-state index is 0.287. The molecular weight excluding hydrogens is 190 g/mol. The molecule has 0 bridgehead atoms. The van der Waals surface area contributed by atoms with Crippen LogP contribution < -0.4 is 15.2 Å². The van der Waals surface area contributed by atoms with E-state index in [4.69, 9.17) is 9.47 Å². The maximum atomic E-state index is 5.70. The van der Waals surface area contributed by atoms with Gasteiger partial charge in [-0.05, 0) is 26.0 Å². The van der Waals surface area contributed by atoms with Gasteiger partial charge in [-0.2, -0.15) is 0 Å². The van der Waals surface area contributed by atoms with Crippen LogP contribution in [0.15, 0.2) is 12.1 Å². The molecular formula is C12H18NO2+. The minimum absolute atomic E-state index is 0.287. The van der Waals surface area contributed by atoms with Gasteiger partial charge >= 0.3 is 0 Å². The number of ether oxygens (including phenoxy) is 2. The first kappa shape index (κ1) is 10.3. The molecule has 3 N–H and O–H groups in total. The third kappa shape index (κ3) is 1.92. The standard InChI is InChI=1S/C12H17NO2/c1-3-14-11-5-9-4-8(2)15-12(9)6-10(11)7-13/h5-6,8H,3-4,7,13H2,1-2H3/p+1/t8-/m0/s1. The molecule has 0 radical (unpaired) electrons. The number of quaternary nitrogens is 1. The van der Waals surface area contributed by atoms with Gasteiger partial charge in [-0.3, -0.25) is 0 Å². The molecule has 0 aromatic heterocycles. The van der Waals surface area contributed by atoms with E-state index < -0.39 is 0 Å². The summed E-state index contributed by atoms with van der Waals surface area (Å²) in [5.41, 5.74) is 6.29. The Labute approximate surface area is 90.2 Å². The lowest BCUT2D eigenvalue weighted by atomic mass is 10.1. The van der Waals surface area contributed by atoms with Crippen LogP contribution in [0.2, 0.25) is 0 Å². The van der Waals surface area contributed by atoms with Gasteiger partial charge in [0.15, 0.2) is 0 Å². The van der Waals surface area contributed by atoms with Gasteiger partial charge in [0, 0.05) is 12.0 Å². The third-order valence-corrected chi connectivity index (χ3v) is 2.65. The van der Waals surface area contributed by atoms with Crippen molar-refractivity contribution < 1.29 is 15.2 Å². The van der Waals surface area contributed by atoms with Crippen molar-refractivity contribution >= 4 is 0 Å². The molecule has 0 unspecified atom stereocenters. The zero-order valence-electron chi connectivity index (χ0n) is 9.38. The Hall–Kier alpha value is -1.22. The lowest BCUT2D eigenvalue weighted by molar-refractivity contribution is -0.386. The molecule has 1 aromatic carbocycles. The molecule has 0 aliphatic carbocycles. The molecule has 1 aliphatic rings. The normalized spacial score (nSPS) is 18.5. The summed E-state index contributed by atoms with van der Waals surface area (Å²) in [6, 6.07) is 4.17. The van der Waals surface area contributed by atoms with Gasteiger partial charge in [-0.1, -0.05) is 0 Å². The van der Waals surface area contributed by atoms with Crippen molar-refractivity contribution in [2.24, 2.45) is 0 Å². The Kier molecular flexibility index (Phi) is 2.82. The Morgan fingerprint density at radius 1 is 1.53 bits per heavy atom. The first-order valence-corrected chi connectivity index (χ1v) is 5.49. The fourth-order valence-electron chi connectivity index (χ4n) is 1.97. The molecule has 1 aliphatic heterocycles. The van der Waals surface area contributed by atoms with Crippen molar-refractivity contribution in [1.82, 2.24) is 0 Å². The number of fused-ring (bicyclic) bond motifs is 1. The minimum Gasteiger partial charge on any atom is -0.493 e. The second kappa shape index (κ2) is 4.11. The Morgan fingerprint density at radius 2 is 2.33 bits per heavy atom. The molecule has 0 fully saturated rings. The lowest BCUT2D eigenvalue weighted by Crippen LogP contribution is -2.47. The molecule has 3 heteroatoms. The molecule has 0 spiro atoms. The van der Waals surface area contributed by atoms with E-state index in [1.165, 1.54) is 5.56 Å². The quantitative estimate of drug-likeness (QED) is 0.810. The van der Waals surface area contributed by atoms with E-state index in [9.17, 15) is 0 Å².